The fourth-order valence-corrected chi connectivity index (χ4v) is 3.25. The van der Waals surface area contributed by atoms with E-state index in [1.807, 2.05) is 24.3 Å². The predicted molar refractivity (Wildman–Crippen MR) is 112 cm³/mol. The van der Waals surface area contributed by atoms with Gasteiger partial charge in [-0.3, -0.25) is 4.79 Å². The van der Waals surface area contributed by atoms with Gasteiger partial charge in [-0.15, -0.1) is 0 Å². The van der Waals surface area contributed by atoms with Crippen molar-refractivity contribution in [2.24, 2.45) is 0 Å². The quantitative estimate of drug-likeness (QED) is 0.498. The molecule has 0 aromatic heterocycles. The van der Waals surface area contributed by atoms with E-state index >= 15 is 0 Å². The standard InChI is InChI=1S/C22H28BrNO2/c1-15(2)17-11-12-21(19(23)14-17)26-13-7-10-22(25)24-20-9-6-5-8-18(20)16(3)4/h5-6,8-9,11-12,14-16H,7,10,13H2,1-4H3,(H,24,25). The number of carbonyl (C=O) groups excluding carboxylic acids is 1. The number of halogens is 1. The van der Waals surface area contributed by atoms with Crippen molar-refractivity contribution in [3.63, 3.8) is 0 Å². The van der Waals surface area contributed by atoms with E-state index < -0.39 is 0 Å². The molecule has 0 heterocycles. The molecule has 26 heavy (non-hydrogen) atoms. The molecule has 0 unspecified atom stereocenters. The van der Waals surface area contributed by atoms with Crippen LogP contribution in [0, 0.1) is 0 Å². The van der Waals surface area contributed by atoms with Crippen molar-refractivity contribution in [2.75, 3.05) is 11.9 Å². The highest BCUT2D eigenvalue weighted by Gasteiger charge is 2.10. The smallest absolute Gasteiger partial charge is 0.224 e. The van der Waals surface area contributed by atoms with Crippen molar-refractivity contribution in [1.29, 1.82) is 0 Å². The Balaban J connectivity index is 1.81. The molecule has 0 aliphatic heterocycles. The van der Waals surface area contributed by atoms with E-state index in [-0.39, 0.29) is 5.91 Å². The molecule has 0 bridgehead atoms. The van der Waals surface area contributed by atoms with Crippen LogP contribution in [0.5, 0.6) is 5.75 Å². The molecule has 0 spiro atoms. The van der Waals surface area contributed by atoms with Crippen LogP contribution in [-0.4, -0.2) is 12.5 Å². The van der Waals surface area contributed by atoms with Crippen LogP contribution in [-0.2, 0) is 4.79 Å². The lowest BCUT2D eigenvalue weighted by Crippen LogP contribution is -2.14. The fraction of sp³-hybridized carbons (Fsp3) is 0.409. The zero-order valence-electron chi connectivity index (χ0n) is 16.0. The molecule has 2 aromatic carbocycles. The van der Waals surface area contributed by atoms with Crippen molar-refractivity contribution < 1.29 is 9.53 Å². The second kappa shape index (κ2) is 9.77. The number of hydrogen-bond donors (Lipinski definition) is 1. The third kappa shape index (κ3) is 5.87. The van der Waals surface area contributed by atoms with E-state index in [0.29, 0.717) is 31.3 Å². The third-order valence-electron chi connectivity index (χ3n) is 4.29. The molecule has 0 saturated heterocycles. The number of carbonyl (C=O) groups is 1. The van der Waals surface area contributed by atoms with Crippen LogP contribution in [0.25, 0.3) is 0 Å². The Bertz CT molecular complexity index is 741. The Morgan fingerprint density at radius 1 is 1.08 bits per heavy atom. The SMILES string of the molecule is CC(C)c1ccc(OCCCC(=O)Nc2ccccc2C(C)C)c(Br)c1. The largest absolute Gasteiger partial charge is 0.492 e. The molecule has 2 rings (SSSR count). The maximum atomic E-state index is 12.2. The van der Waals surface area contributed by atoms with Gasteiger partial charge >= 0.3 is 0 Å². The number of benzene rings is 2. The summed E-state index contributed by atoms with van der Waals surface area (Å²) in [6.07, 6.45) is 1.11. The molecule has 1 N–H and O–H groups in total. The normalized spacial score (nSPS) is 11.0. The van der Waals surface area contributed by atoms with Gasteiger partial charge in [-0.25, -0.2) is 0 Å². The lowest BCUT2D eigenvalue weighted by atomic mass is 10.0. The summed E-state index contributed by atoms with van der Waals surface area (Å²) in [6.45, 7) is 9.10. The highest BCUT2D eigenvalue weighted by molar-refractivity contribution is 9.10. The van der Waals surface area contributed by atoms with Crippen molar-refractivity contribution in [3.8, 4) is 5.75 Å². The van der Waals surface area contributed by atoms with Crippen LogP contribution in [0.1, 0.15) is 63.5 Å². The van der Waals surface area contributed by atoms with Gasteiger partial charge in [0.2, 0.25) is 5.91 Å². The van der Waals surface area contributed by atoms with E-state index in [4.69, 9.17) is 4.74 Å². The van der Waals surface area contributed by atoms with E-state index in [1.54, 1.807) is 0 Å². The molecule has 4 heteroatoms. The molecular formula is C22H28BrNO2. The molecule has 0 radical (unpaired) electrons. The first-order valence-electron chi connectivity index (χ1n) is 9.19. The molecule has 140 valence electrons. The Kier molecular flexibility index (Phi) is 7.70. The van der Waals surface area contributed by atoms with Gasteiger partial charge in [-0.2, -0.15) is 0 Å². The number of amides is 1. The summed E-state index contributed by atoms with van der Waals surface area (Å²) in [5, 5.41) is 3.02. The molecule has 0 fully saturated rings. The zero-order chi connectivity index (χ0) is 19.1. The minimum atomic E-state index is 0.0240. The average molecular weight is 418 g/mol. The van der Waals surface area contributed by atoms with E-state index in [9.17, 15) is 4.79 Å². The Labute approximate surface area is 165 Å². The molecule has 0 saturated carbocycles. The van der Waals surface area contributed by atoms with Gasteiger partial charge < -0.3 is 10.1 Å². The number of nitrogens with one attached hydrogen (secondary N) is 1. The second-order valence-electron chi connectivity index (χ2n) is 7.09. The van der Waals surface area contributed by atoms with Crippen molar-refractivity contribution in [2.45, 2.75) is 52.4 Å². The molecule has 2 aromatic rings. The van der Waals surface area contributed by atoms with Gasteiger partial charge in [-0.1, -0.05) is 52.0 Å². The van der Waals surface area contributed by atoms with Crippen LogP contribution < -0.4 is 10.1 Å². The minimum absolute atomic E-state index is 0.0240. The maximum absolute atomic E-state index is 12.2. The molecule has 3 nitrogen and oxygen atoms in total. The van der Waals surface area contributed by atoms with Crippen molar-refractivity contribution in [1.82, 2.24) is 0 Å². The van der Waals surface area contributed by atoms with Crippen LogP contribution in [0.15, 0.2) is 46.9 Å². The van der Waals surface area contributed by atoms with Gasteiger partial charge in [0.25, 0.3) is 0 Å². The van der Waals surface area contributed by atoms with Crippen LogP contribution >= 0.6 is 15.9 Å². The molecular weight excluding hydrogens is 390 g/mol. The lowest BCUT2D eigenvalue weighted by Gasteiger charge is -2.14. The first kappa shape index (κ1) is 20.5. The van der Waals surface area contributed by atoms with Gasteiger partial charge in [0, 0.05) is 12.1 Å². The Morgan fingerprint density at radius 2 is 1.81 bits per heavy atom. The van der Waals surface area contributed by atoms with Crippen LogP contribution in [0.4, 0.5) is 5.69 Å². The number of rotatable bonds is 8. The zero-order valence-corrected chi connectivity index (χ0v) is 17.6. The van der Waals surface area contributed by atoms with Gasteiger partial charge in [0.05, 0.1) is 11.1 Å². The van der Waals surface area contributed by atoms with Gasteiger partial charge in [0.1, 0.15) is 5.75 Å². The van der Waals surface area contributed by atoms with Crippen LogP contribution in [0.2, 0.25) is 0 Å². The topological polar surface area (TPSA) is 38.3 Å². The number of hydrogen-bond acceptors (Lipinski definition) is 2. The summed E-state index contributed by atoms with van der Waals surface area (Å²) < 4.78 is 6.76. The first-order valence-corrected chi connectivity index (χ1v) is 9.98. The first-order chi connectivity index (χ1) is 12.4. The highest BCUT2D eigenvalue weighted by Crippen LogP contribution is 2.29. The number of para-hydroxylation sites is 1. The fourth-order valence-electron chi connectivity index (χ4n) is 2.74. The summed E-state index contributed by atoms with van der Waals surface area (Å²) in [4.78, 5) is 12.2. The van der Waals surface area contributed by atoms with Crippen LogP contribution in [0.3, 0.4) is 0 Å². The van der Waals surface area contributed by atoms with Crippen molar-refractivity contribution >= 4 is 27.5 Å². The average Bonchev–Trinajstić information content (AvgIpc) is 2.59. The number of anilines is 1. The molecule has 0 aliphatic carbocycles. The third-order valence-corrected chi connectivity index (χ3v) is 4.90. The summed E-state index contributed by atoms with van der Waals surface area (Å²) in [5.41, 5.74) is 3.33. The monoisotopic (exact) mass is 417 g/mol. The molecule has 0 aliphatic rings. The summed E-state index contributed by atoms with van der Waals surface area (Å²) >= 11 is 3.56. The Hall–Kier alpha value is -1.81. The maximum Gasteiger partial charge on any atom is 0.224 e. The predicted octanol–water partition coefficient (Wildman–Crippen LogP) is 6.49. The van der Waals surface area contributed by atoms with Gasteiger partial charge in [0.15, 0.2) is 0 Å². The highest BCUT2D eigenvalue weighted by atomic mass is 79.9. The minimum Gasteiger partial charge on any atom is -0.492 e. The molecule has 1 amide bonds. The van der Waals surface area contributed by atoms with E-state index in [0.717, 1.165) is 21.5 Å². The van der Waals surface area contributed by atoms with Gasteiger partial charge in [-0.05, 0) is 63.5 Å². The summed E-state index contributed by atoms with van der Waals surface area (Å²) in [6, 6.07) is 14.1. The Morgan fingerprint density at radius 3 is 2.46 bits per heavy atom. The number of ether oxygens (including phenoxy) is 1. The summed E-state index contributed by atoms with van der Waals surface area (Å²) in [7, 11) is 0. The lowest BCUT2D eigenvalue weighted by molar-refractivity contribution is -0.116. The second-order valence-corrected chi connectivity index (χ2v) is 7.94. The van der Waals surface area contributed by atoms with E-state index in [1.165, 1.54) is 5.56 Å². The van der Waals surface area contributed by atoms with Crippen molar-refractivity contribution in [3.05, 3.63) is 58.1 Å². The summed E-state index contributed by atoms with van der Waals surface area (Å²) in [5.74, 6) is 1.70. The molecule has 0 atom stereocenters. The van der Waals surface area contributed by atoms with E-state index in [2.05, 4.69) is 67.1 Å².